The first-order valence-electron chi connectivity index (χ1n) is 7.51. The van der Waals surface area contributed by atoms with E-state index in [4.69, 9.17) is 9.47 Å². The van der Waals surface area contributed by atoms with Crippen LogP contribution in [0.4, 0.5) is 0 Å². The number of methoxy groups -OCH3 is 2. The van der Waals surface area contributed by atoms with Crippen LogP contribution in [0, 0.1) is 0 Å². The van der Waals surface area contributed by atoms with Crippen molar-refractivity contribution in [2.45, 2.75) is 32.5 Å². The third-order valence-electron chi connectivity index (χ3n) is 4.00. The van der Waals surface area contributed by atoms with Gasteiger partial charge in [-0.05, 0) is 31.2 Å². The molecule has 3 rings (SSSR count). The highest BCUT2D eigenvalue weighted by atomic mass is 16.5. The molecule has 0 radical (unpaired) electrons. The third kappa shape index (κ3) is 2.92. The van der Waals surface area contributed by atoms with E-state index >= 15 is 0 Å². The van der Waals surface area contributed by atoms with Gasteiger partial charge in [-0.25, -0.2) is 0 Å². The molecule has 0 saturated carbocycles. The fourth-order valence-corrected chi connectivity index (χ4v) is 2.92. The Balaban J connectivity index is 1.67. The summed E-state index contributed by atoms with van der Waals surface area (Å²) in [5.41, 5.74) is 1.18. The van der Waals surface area contributed by atoms with Crippen molar-refractivity contribution in [2.75, 3.05) is 21.3 Å². The lowest BCUT2D eigenvalue weighted by molar-refractivity contribution is 0.303. The maximum atomic E-state index is 5.35. The van der Waals surface area contributed by atoms with Gasteiger partial charge in [-0.2, -0.15) is 0 Å². The van der Waals surface area contributed by atoms with Crippen molar-refractivity contribution in [1.29, 1.82) is 0 Å². The quantitative estimate of drug-likeness (QED) is 0.815. The van der Waals surface area contributed by atoms with E-state index in [1.807, 2.05) is 12.1 Å². The minimum atomic E-state index is 0.754. The van der Waals surface area contributed by atoms with Gasteiger partial charge >= 0.3 is 0 Å². The van der Waals surface area contributed by atoms with Crippen LogP contribution >= 0.6 is 0 Å². The van der Waals surface area contributed by atoms with Crippen LogP contribution in [0.3, 0.4) is 0 Å². The summed E-state index contributed by atoms with van der Waals surface area (Å²) in [5.74, 6) is 3.69. The van der Waals surface area contributed by atoms with E-state index in [1.54, 1.807) is 14.2 Å². The Labute approximate surface area is 130 Å². The second-order valence-corrected chi connectivity index (χ2v) is 5.65. The highest BCUT2D eigenvalue weighted by Crippen LogP contribution is 2.28. The van der Waals surface area contributed by atoms with Crippen LogP contribution in [0.5, 0.6) is 11.5 Å². The van der Waals surface area contributed by atoms with Crippen LogP contribution in [0.25, 0.3) is 0 Å². The summed E-state index contributed by atoms with van der Waals surface area (Å²) in [6.07, 6.45) is 2.23. The number of rotatable bonds is 6. The second kappa shape index (κ2) is 6.36. The van der Waals surface area contributed by atoms with Crippen molar-refractivity contribution in [1.82, 2.24) is 19.7 Å². The molecule has 1 aromatic carbocycles. The van der Waals surface area contributed by atoms with E-state index in [9.17, 15) is 0 Å². The van der Waals surface area contributed by atoms with Gasteiger partial charge in [-0.15, -0.1) is 10.2 Å². The Kier molecular flexibility index (Phi) is 4.29. The molecular formula is C16H22N4O2. The fraction of sp³-hybridized carbons (Fsp3) is 0.500. The Bertz CT molecular complexity index is 654. The van der Waals surface area contributed by atoms with Crippen molar-refractivity contribution < 1.29 is 9.47 Å². The van der Waals surface area contributed by atoms with Gasteiger partial charge in [0.2, 0.25) is 0 Å². The molecule has 0 aliphatic carbocycles. The summed E-state index contributed by atoms with van der Waals surface area (Å²) in [7, 11) is 5.40. The summed E-state index contributed by atoms with van der Waals surface area (Å²) >= 11 is 0. The van der Waals surface area contributed by atoms with Gasteiger partial charge in [0.15, 0.2) is 11.5 Å². The zero-order valence-electron chi connectivity index (χ0n) is 13.4. The summed E-state index contributed by atoms with van der Waals surface area (Å²) in [5, 5.41) is 8.56. The van der Waals surface area contributed by atoms with Gasteiger partial charge in [-0.1, -0.05) is 6.07 Å². The lowest BCUT2D eigenvalue weighted by Gasteiger charge is -2.17. The molecule has 0 amide bonds. The van der Waals surface area contributed by atoms with E-state index in [2.05, 4.69) is 32.8 Å². The fourth-order valence-electron chi connectivity index (χ4n) is 2.92. The van der Waals surface area contributed by atoms with Crippen LogP contribution in [0.1, 0.15) is 23.6 Å². The first-order chi connectivity index (χ1) is 10.7. The van der Waals surface area contributed by atoms with Crippen molar-refractivity contribution in [3.05, 3.63) is 35.4 Å². The molecule has 0 saturated heterocycles. The normalized spacial score (nSPS) is 13.5. The maximum absolute atomic E-state index is 5.35. The zero-order valence-corrected chi connectivity index (χ0v) is 13.4. The van der Waals surface area contributed by atoms with Crippen LogP contribution in [0.15, 0.2) is 18.2 Å². The molecule has 0 atom stereocenters. The average molecular weight is 302 g/mol. The van der Waals surface area contributed by atoms with Gasteiger partial charge in [-0.3, -0.25) is 4.90 Å². The van der Waals surface area contributed by atoms with Gasteiger partial charge in [0.1, 0.15) is 11.6 Å². The molecule has 118 valence electrons. The topological polar surface area (TPSA) is 52.4 Å². The molecule has 0 N–H and O–H groups in total. The molecule has 0 bridgehead atoms. The van der Waals surface area contributed by atoms with E-state index in [-0.39, 0.29) is 0 Å². The number of ether oxygens (including phenoxy) is 2. The van der Waals surface area contributed by atoms with Gasteiger partial charge in [0, 0.05) is 19.5 Å². The summed E-state index contributed by atoms with van der Waals surface area (Å²) in [4.78, 5) is 2.23. The van der Waals surface area contributed by atoms with Crippen LogP contribution < -0.4 is 9.47 Å². The van der Waals surface area contributed by atoms with Crippen molar-refractivity contribution in [3.63, 3.8) is 0 Å². The number of hydrogen-bond acceptors (Lipinski definition) is 5. The monoisotopic (exact) mass is 302 g/mol. The maximum Gasteiger partial charge on any atom is 0.161 e. The van der Waals surface area contributed by atoms with Gasteiger partial charge < -0.3 is 14.0 Å². The van der Waals surface area contributed by atoms with Crippen molar-refractivity contribution in [3.8, 4) is 11.5 Å². The highest BCUT2D eigenvalue weighted by molar-refractivity contribution is 5.42. The number of benzene rings is 1. The van der Waals surface area contributed by atoms with Crippen LogP contribution in [-0.2, 0) is 26.1 Å². The largest absolute Gasteiger partial charge is 0.493 e. The third-order valence-corrected chi connectivity index (χ3v) is 4.00. The SMILES string of the molecule is COc1ccc(CN(C)Cc2nnc3n2CCC3)cc1OC. The lowest BCUT2D eigenvalue weighted by Crippen LogP contribution is -2.20. The Morgan fingerprint density at radius 2 is 1.95 bits per heavy atom. The average Bonchev–Trinajstić information content (AvgIpc) is 3.12. The Hall–Kier alpha value is -2.08. The smallest absolute Gasteiger partial charge is 0.161 e. The predicted octanol–water partition coefficient (Wildman–Crippen LogP) is 1.87. The number of fused-ring (bicyclic) bond motifs is 1. The Morgan fingerprint density at radius 3 is 2.73 bits per heavy atom. The zero-order chi connectivity index (χ0) is 15.5. The molecule has 2 heterocycles. The summed E-state index contributed by atoms with van der Waals surface area (Å²) in [6.45, 7) is 2.66. The minimum absolute atomic E-state index is 0.754. The number of nitrogens with zero attached hydrogens (tertiary/aromatic N) is 4. The van der Waals surface area contributed by atoms with Gasteiger partial charge in [0.25, 0.3) is 0 Å². The van der Waals surface area contributed by atoms with Crippen molar-refractivity contribution >= 4 is 0 Å². The standard InChI is InChI=1S/C16H22N4O2/c1-19(11-16-18-17-15-5-4-8-20(15)16)10-12-6-7-13(21-2)14(9-12)22-3/h6-7,9H,4-5,8,10-11H2,1-3H3. The highest BCUT2D eigenvalue weighted by Gasteiger charge is 2.18. The first-order valence-corrected chi connectivity index (χ1v) is 7.51. The summed E-state index contributed by atoms with van der Waals surface area (Å²) in [6, 6.07) is 6.02. The van der Waals surface area contributed by atoms with E-state index < -0.39 is 0 Å². The van der Waals surface area contributed by atoms with Crippen LogP contribution in [-0.4, -0.2) is 40.9 Å². The molecule has 0 spiro atoms. The van der Waals surface area contributed by atoms with E-state index in [1.165, 1.54) is 12.0 Å². The van der Waals surface area contributed by atoms with E-state index in [0.29, 0.717) is 0 Å². The summed E-state index contributed by atoms with van der Waals surface area (Å²) < 4.78 is 12.9. The second-order valence-electron chi connectivity index (χ2n) is 5.65. The molecule has 22 heavy (non-hydrogen) atoms. The van der Waals surface area contributed by atoms with E-state index in [0.717, 1.165) is 49.2 Å². The number of hydrogen-bond donors (Lipinski definition) is 0. The Morgan fingerprint density at radius 1 is 1.14 bits per heavy atom. The molecule has 2 aromatic rings. The molecule has 1 aromatic heterocycles. The number of aryl methyl sites for hydroxylation is 1. The molecular weight excluding hydrogens is 280 g/mol. The molecule has 6 heteroatoms. The molecule has 0 unspecified atom stereocenters. The molecule has 6 nitrogen and oxygen atoms in total. The van der Waals surface area contributed by atoms with Gasteiger partial charge in [0.05, 0.1) is 20.8 Å². The minimum Gasteiger partial charge on any atom is -0.493 e. The first kappa shape index (κ1) is 14.8. The molecule has 1 aliphatic rings. The lowest BCUT2D eigenvalue weighted by atomic mass is 10.2. The van der Waals surface area contributed by atoms with Crippen molar-refractivity contribution in [2.24, 2.45) is 0 Å². The number of aromatic nitrogens is 3. The molecule has 1 aliphatic heterocycles. The predicted molar refractivity (Wildman–Crippen MR) is 83.1 cm³/mol. The van der Waals surface area contributed by atoms with Crippen LogP contribution in [0.2, 0.25) is 0 Å². The molecule has 0 fully saturated rings.